The second-order valence-corrected chi connectivity index (χ2v) is 4.09. The molecule has 1 unspecified atom stereocenters. The molecule has 2 N–H and O–H groups in total. The van der Waals surface area contributed by atoms with E-state index in [2.05, 4.69) is 29.3 Å². The first-order valence-electron chi connectivity index (χ1n) is 5.47. The quantitative estimate of drug-likeness (QED) is 0.712. The molecule has 1 aromatic rings. The highest BCUT2D eigenvalue weighted by Crippen LogP contribution is 2.19. The molecule has 1 aliphatic rings. The number of hydrogen-bond acceptors (Lipinski definition) is 3. The zero-order valence-corrected chi connectivity index (χ0v) is 9.11. The maximum Gasteiger partial charge on any atom is 0.0839 e. The van der Waals surface area contributed by atoms with Crippen LogP contribution in [0.5, 0.6) is 0 Å². The molecule has 0 saturated carbocycles. The predicted octanol–water partition coefficient (Wildman–Crippen LogP) is 0.766. The molecule has 1 saturated heterocycles. The molecule has 1 fully saturated rings. The molecule has 2 rings (SSSR count). The van der Waals surface area contributed by atoms with Gasteiger partial charge >= 0.3 is 0 Å². The van der Waals surface area contributed by atoms with Crippen molar-refractivity contribution in [1.82, 2.24) is 5.32 Å². The van der Waals surface area contributed by atoms with Gasteiger partial charge in [0.15, 0.2) is 0 Å². The van der Waals surface area contributed by atoms with Crippen molar-refractivity contribution in [3.63, 3.8) is 0 Å². The smallest absolute Gasteiger partial charge is 0.0839 e. The van der Waals surface area contributed by atoms with E-state index in [1.165, 1.54) is 11.3 Å². The third-order valence-electron chi connectivity index (χ3n) is 2.83. The second-order valence-electron chi connectivity index (χ2n) is 4.09. The third kappa shape index (κ3) is 2.49. The Morgan fingerprint density at radius 1 is 1.40 bits per heavy atom. The van der Waals surface area contributed by atoms with E-state index in [0.29, 0.717) is 6.54 Å². The number of aliphatic hydroxyl groups is 1. The minimum atomic E-state index is -0.271. The van der Waals surface area contributed by atoms with E-state index in [-0.39, 0.29) is 6.10 Å². The number of para-hydroxylation sites is 1. The Bertz CT molecular complexity index is 327. The summed E-state index contributed by atoms with van der Waals surface area (Å²) in [5, 5.41) is 12.9. The summed E-state index contributed by atoms with van der Waals surface area (Å²) in [6, 6.07) is 8.33. The number of nitrogens with zero attached hydrogens (tertiary/aromatic N) is 1. The summed E-state index contributed by atoms with van der Waals surface area (Å²) >= 11 is 0. The van der Waals surface area contributed by atoms with Crippen molar-refractivity contribution in [1.29, 1.82) is 0 Å². The third-order valence-corrected chi connectivity index (χ3v) is 2.83. The van der Waals surface area contributed by atoms with E-state index in [1.54, 1.807) is 0 Å². The molecule has 3 heteroatoms. The van der Waals surface area contributed by atoms with Gasteiger partial charge in [0.05, 0.1) is 6.10 Å². The molecule has 0 aromatic heterocycles. The van der Waals surface area contributed by atoms with Gasteiger partial charge in [0.2, 0.25) is 0 Å². The highest BCUT2D eigenvalue weighted by molar-refractivity contribution is 5.53. The topological polar surface area (TPSA) is 35.5 Å². The lowest BCUT2D eigenvalue weighted by Gasteiger charge is -2.25. The van der Waals surface area contributed by atoms with Gasteiger partial charge in [-0.15, -0.1) is 0 Å². The lowest BCUT2D eigenvalue weighted by molar-refractivity contribution is 0.185. The molecule has 0 bridgehead atoms. The van der Waals surface area contributed by atoms with Crippen LogP contribution >= 0.6 is 0 Å². The van der Waals surface area contributed by atoms with E-state index in [0.717, 1.165) is 19.6 Å². The summed E-state index contributed by atoms with van der Waals surface area (Å²) in [5.41, 5.74) is 2.51. The van der Waals surface area contributed by atoms with Gasteiger partial charge < -0.3 is 15.3 Å². The Hall–Kier alpha value is -1.06. The van der Waals surface area contributed by atoms with Crippen molar-refractivity contribution in [2.75, 3.05) is 31.1 Å². The minimum absolute atomic E-state index is 0.271. The molecule has 0 aliphatic carbocycles. The van der Waals surface area contributed by atoms with Crippen LogP contribution in [0.25, 0.3) is 0 Å². The first kappa shape index (κ1) is 10.5. The summed E-state index contributed by atoms with van der Waals surface area (Å²) in [5.74, 6) is 0. The fourth-order valence-corrected chi connectivity index (χ4v) is 2.03. The van der Waals surface area contributed by atoms with E-state index >= 15 is 0 Å². The molecule has 0 spiro atoms. The fraction of sp³-hybridized carbons (Fsp3) is 0.500. The van der Waals surface area contributed by atoms with Gasteiger partial charge in [0.25, 0.3) is 0 Å². The van der Waals surface area contributed by atoms with Crippen LogP contribution in [0.3, 0.4) is 0 Å². The molecule has 1 atom stereocenters. The summed E-state index contributed by atoms with van der Waals surface area (Å²) in [7, 11) is 0. The molecule has 1 aromatic carbocycles. The molecular weight excluding hydrogens is 188 g/mol. The molecule has 0 amide bonds. The van der Waals surface area contributed by atoms with E-state index in [9.17, 15) is 5.11 Å². The highest BCUT2D eigenvalue weighted by Gasteiger charge is 2.16. The maximum atomic E-state index is 9.71. The summed E-state index contributed by atoms with van der Waals surface area (Å²) in [6.45, 7) is 5.42. The zero-order chi connectivity index (χ0) is 10.7. The first-order valence-corrected chi connectivity index (χ1v) is 5.47. The summed E-state index contributed by atoms with van der Waals surface area (Å²) in [4.78, 5) is 2.25. The van der Waals surface area contributed by atoms with E-state index < -0.39 is 0 Å². The Labute approximate surface area is 90.7 Å². The molecule has 3 nitrogen and oxygen atoms in total. The van der Waals surface area contributed by atoms with Crippen LogP contribution in [0.4, 0.5) is 5.69 Å². The first-order chi connectivity index (χ1) is 7.27. The Balaban J connectivity index is 2.18. The van der Waals surface area contributed by atoms with Gasteiger partial charge in [-0.3, -0.25) is 0 Å². The average molecular weight is 206 g/mol. The molecule has 82 valence electrons. The minimum Gasteiger partial charge on any atom is -0.390 e. The number of benzene rings is 1. The summed E-state index contributed by atoms with van der Waals surface area (Å²) < 4.78 is 0. The number of β-amino-alcohol motifs (C(OH)–C–C–N with tert-alkyl or cyclic N) is 1. The normalized spacial score (nSPS) is 22.5. The number of hydrogen-bond donors (Lipinski definition) is 2. The molecule has 1 aliphatic heterocycles. The predicted molar refractivity (Wildman–Crippen MR) is 62.3 cm³/mol. The molecule has 15 heavy (non-hydrogen) atoms. The SMILES string of the molecule is Cc1ccccc1N1CCNCC(O)C1. The van der Waals surface area contributed by atoms with Gasteiger partial charge in [-0.2, -0.15) is 0 Å². The molecule has 1 heterocycles. The zero-order valence-electron chi connectivity index (χ0n) is 9.11. The number of rotatable bonds is 1. The van der Waals surface area contributed by atoms with Crippen molar-refractivity contribution in [2.24, 2.45) is 0 Å². The fourth-order valence-electron chi connectivity index (χ4n) is 2.03. The molecule has 0 radical (unpaired) electrons. The van der Waals surface area contributed by atoms with E-state index in [4.69, 9.17) is 0 Å². The number of nitrogens with one attached hydrogen (secondary N) is 1. The van der Waals surface area contributed by atoms with Crippen LogP contribution in [-0.2, 0) is 0 Å². The van der Waals surface area contributed by atoms with Crippen LogP contribution in [0, 0.1) is 6.92 Å². The Morgan fingerprint density at radius 2 is 2.20 bits per heavy atom. The number of anilines is 1. The largest absolute Gasteiger partial charge is 0.390 e. The van der Waals surface area contributed by atoms with Crippen LogP contribution in [0.1, 0.15) is 5.56 Å². The van der Waals surface area contributed by atoms with Gasteiger partial charge in [0, 0.05) is 31.9 Å². The van der Waals surface area contributed by atoms with Crippen molar-refractivity contribution in [2.45, 2.75) is 13.0 Å². The van der Waals surface area contributed by atoms with Crippen molar-refractivity contribution in [3.8, 4) is 0 Å². The Kier molecular flexibility index (Phi) is 3.23. The monoisotopic (exact) mass is 206 g/mol. The van der Waals surface area contributed by atoms with Gasteiger partial charge in [-0.1, -0.05) is 18.2 Å². The van der Waals surface area contributed by atoms with Crippen LogP contribution in [0.2, 0.25) is 0 Å². The van der Waals surface area contributed by atoms with Gasteiger partial charge in [0.1, 0.15) is 0 Å². The lowest BCUT2D eigenvalue weighted by Crippen LogP contribution is -2.33. The lowest BCUT2D eigenvalue weighted by atomic mass is 10.1. The maximum absolute atomic E-state index is 9.71. The Morgan fingerprint density at radius 3 is 3.00 bits per heavy atom. The summed E-state index contributed by atoms with van der Waals surface area (Å²) in [6.07, 6.45) is -0.271. The van der Waals surface area contributed by atoms with Gasteiger partial charge in [-0.05, 0) is 18.6 Å². The van der Waals surface area contributed by atoms with Crippen LogP contribution in [0.15, 0.2) is 24.3 Å². The second kappa shape index (κ2) is 4.64. The molecular formula is C12H18N2O. The highest BCUT2D eigenvalue weighted by atomic mass is 16.3. The van der Waals surface area contributed by atoms with Crippen molar-refractivity contribution in [3.05, 3.63) is 29.8 Å². The van der Waals surface area contributed by atoms with Crippen LogP contribution in [-0.4, -0.2) is 37.4 Å². The average Bonchev–Trinajstić information content (AvgIpc) is 2.43. The van der Waals surface area contributed by atoms with E-state index in [1.807, 2.05) is 12.1 Å². The van der Waals surface area contributed by atoms with Crippen molar-refractivity contribution < 1.29 is 5.11 Å². The van der Waals surface area contributed by atoms with Gasteiger partial charge in [-0.25, -0.2) is 0 Å². The standard InChI is InChI=1S/C12H18N2O/c1-10-4-2-3-5-12(10)14-7-6-13-8-11(15)9-14/h2-5,11,13,15H,6-9H2,1H3. The number of aryl methyl sites for hydroxylation is 1. The van der Waals surface area contributed by atoms with Crippen molar-refractivity contribution >= 4 is 5.69 Å². The van der Waals surface area contributed by atoms with Crippen LogP contribution < -0.4 is 10.2 Å². The number of aliphatic hydroxyl groups excluding tert-OH is 1.